The maximum absolute atomic E-state index is 12.7. The predicted molar refractivity (Wildman–Crippen MR) is 65.4 cm³/mol. The quantitative estimate of drug-likeness (QED) is 0.873. The van der Waals surface area contributed by atoms with E-state index in [1.165, 1.54) is 12.4 Å². The van der Waals surface area contributed by atoms with Gasteiger partial charge in [0.15, 0.2) is 0 Å². The maximum Gasteiger partial charge on any atom is 0.319 e. The van der Waals surface area contributed by atoms with E-state index in [4.69, 9.17) is 0 Å². The van der Waals surface area contributed by atoms with Gasteiger partial charge in [-0.25, -0.2) is 4.98 Å². The fraction of sp³-hybridized carbons (Fsp3) is 0.750. The standard InChI is InChI=1S/C12H20F2N4/c1-12(3-4-15-8-12)9-17(2)7-10-16-5-6-18(10)11(13)14/h5-6,11,15H,3-4,7-9H2,1-2H3. The summed E-state index contributed by atoms with van der Waals surface area (Å²) in [5.74, 6) is 0.419. The average Bonchev–Trinajstić information content (AvgIpc) is 2.87. The van der Waals surface area contributed by atoms with Crippen LogP contribution in [0, 0.1) is 5.41 Å². The van der Waals surface area contributed by atoms with Gasteiger partial charge in [-0.15, -0.1) is 0 Å². The number of aromatic nitrogens is 2. The Hall–Kier alpha value is -1.01. The van der Waals surface area contributed by atoms with E-state index < -0.39 is 6.55 Å². The topological polar surface area (TPSA) is 33.1 Å². The van der Waals surface area contributed by atoms with Crippen LogP contribution in [0.25, 0.3) is 0 Å². The van der Waals surface area contributed by atoms with Gasteiger partial charge in [-0.3, -0.25) is 9.47 Å². The van der Waals surface area contributed by atoms with E-state index in [0.717, 1.165) is 30.6 Å². The van der Waals surface area contributed by atoms with Crippen LogP contribution in [0.1, 0.15) is 25.7 Å². The van der Waals surface area contributed by atoms with Gasteiger partial charge in [0.2, 0.25) is 0 Å². The monoisotopic (exact) mass is 258 g/mol. The van der Waals surface area contributed by atoms with Crippen LogP contribution in [0.15, 0.2) is 12.4 Å². The lowest BCUT2D eigenvalue weighted by Gasteiger charge is -2.29. The zero-order valence-corrected chi connectivity index (χ0v) is 10.9. The van der Waals surface area contributed by atoms with E-state index in [1.807, 2.05) is 7.05 Å². The molecule has 1 aliphatic heterocycles. The van der Waals surface area contributed by atoms with Crippen molar-refractivity contribution in [3.05, 3.63) is 18.2 Å². The molecule has 6 heteroatoms. The first-order valence-corrected chi connectivity index (χ1v) is 6.19. The molecule has 1 aromatic rings. The van der Waals surface area contributed by atoms with Crippen LogP contribution in [0.3, 0.4) is 0 Å². The summed E-state index contributed by atoms with van der Waals surface area (Å²) in [6.45, 7) is 3.07. The van der Waals surface area contributed by atoms with Gasteiger partial charge >= 0.3 is 6.55 Å². The molecule has 4 nitrogen and oxygen atoms in total. The number of halogens is 2. The van der Waals surface area contributed by atoms with Crippen molar-refractivity contribution in [1.29, 1.82) is 0 Å². The molecule has 1 atom stereocenters. The third-order valence-electron chi connectivity index (χ3n) is 3.48. The summed E-state index contributed by atoms with van der Waals surface area (Å²) < 4.78 is 26.3. The Morgan fingerprint density at radius 2 is 2.39 bits per heavy atom. The molecule has 0 aromatic carbocycles. The molecule has 0 spiro atoms. The molecule has 2 heterocycles. The van der Waals surface area contributed by atoms with Crippen LogP contribution >= 0.6 is 0 Å². The molecule has 0 amide bonds. The van der Waals surface area contributed by atoms with Crippen molar-refractivity contribution in [3.8, 4) is 0 Å². The second kappa shape index (κ2) is 5.32. The minimum Gasteiger partial charge on any atom is -0.316 e. The highest BCUT2D eigenvalue weighted by molar-refractivity contribution is 4.94. The van der Waals surface area contributed by atoms with Gasteiger partial charge in [0, 0.05) is 25.5 Å². The third kappa shape index (κ3) is 3.05. The van der Waals surface area contributed by atoms with Gasteiger partial charge < -0.3 is 5.32 Å². The number of rotatable bonds is 5. The first-order valence-electron chi connectivity index (χ1n) is 6.19. The number of hydrogen-bond acceptors (Lipinski definition) is 3. The normalized spacial score (nSPS) is 24.3. The van der Waals surface area contributed by atoms with Gasteiger partial charge in [-0.1, -0.05) is 6.92 Å². The minimum absolute atomic E-state index is 0.233. The van der Waals surface area contributed by atoms with E-state index in [2.05, 4.69) is 22.1 Å². The number of imidazole rings is 1. The van der Waals surface area contributed by atoms with Crippen LogP contribution < -0.4 is 5.32 Å². The number of nitrogens with one attached hydrogen (secondary N) is 1. The van der Waals surface area contributed by atoms with Crippen LogP contribution in [-0.4, -0.2) is 41.1 Å². The first kappa shape index (κ1) is 13.4. The predicted octanol–water partition coefficient (Wildman–Crippen LogP) is 1.71. The van der Waals surface area contributed by atoms with Crippen molar-refractivity contribution in [3.63, 3.8) is 0 Å². The SMILES string of the molecule is CN(Cc1nccn1C(F)F)CC1(C)CCNC1. The van der Waals surface area contributed by atoms with Crippen molar-refractivity contribution in [2.75, 3.05) is 26.7 Å². The Kier molecular flexibility index (Phi) is 3.97. The smallest absolute Gasteiger partial charge is 0.316 e. The van der Waals surface area contributed by atoms with E-state index >= 15 is 0 Å². The molecule has 1 fully saturated rings. The number of alkyl halides is 2. The largest absolute Gasteiger partial charge is 0.319 e. The van der Waals surface area contributed by atoms with Crippen LogP contribution in [0.5, 0.6) is 0 Å². The van der Waals surface area contributed by atoms with Crippen molar-refractivity contribution < 1.29 is 8.78 Å². The van der Waals surface area contributed by atoms with Crippen molar-refractivity contribution in [2.24, 2.45) is 5.41 Å². The Labute approximate surface area is 106 Å². The molecule has 0 bridgehead atoms. The molecule has 1 N–H and O–H groups in total. The lowest BCUT2D eigenvalue weighted by atomic mass is 9.89. The Morgan fingerprint density at radius 3 is 3.00 bits per heavy atom. The fourth-order valence-electron chi connectivity index (χ4n) is 2.60. The Bertz CT molecular complexity index is 385. The highest BCUT2D eigenvalue weighted by atomic mass is 19.3. The van der Waals surface area contributed by atoms with E-state index in [-0.39, 0.29) is 5.41 Å². The second-order valence-electron chi connectivity index (χ2n) is 5.44. The molecular formula is C12H20F2N4. The molecular weight excluding hydrogens is 238 g/mol. The summed E-state index contributed by atoms with van der Waals surface area (Å²) in [6.07, 6.45) is 3.88. The summed E-state index contributed by atoms with van der Waals surface area (Å²) in [5.41, 5.74) is 0.233. The maximum atomic E-state index is 12.7. The van der Waals surface area contributed by atoms with Crippen molar-refractivity contribution in [1.82, 2.24) is 19.8 Å². The molecule has 1 unspecified atom stereocenters. The lowest BCUT2D eigenvalue weighted by molar-refractivity contribution is 0.0636. The Morgan fingerprint density at radius 1 is 1.61 bits per heavy atom. The van der Waals surface area contributed by atoms with Crippen molar-refractivity contribution in [2.45, 2.75) is 26.4 Å². The minimum atomic E-state index is -2.51. The summed E-state index contributed by atoms with van der Waals surface area (Å²) in [6, 6.07) is 0. The molecule has 2 rings (SSSR count). The van der Waals surface area contributed by atoms with Crippen LogP contribution in [-0.2, 0) is 6.54 Å². The summed E-state index contributed by atoms with van der Waals surface area (Å²) in [4.78, 5) is 6.06. The third-order valence-corrected chi connectivity index (χ3v) is 3.48. The van der Waals surface area contributed by atoms with Gasteiger partial charge in [-0.2, -0.15) is 8.78 Å². The number of hydrogen-bond donors (Lipinski definition) is 1. The van der Waals surface area contributed by atoms with Crippen LogP contribution in [0.2, 0.25) is 0 Å². The average molecular weight is 258 g/mol. The van der Waals surface area contributed by atoms with Gasteiger partial charge in [-0.05, 0) is 25.4 Å². The summed E-state index contributed by atoms with van der Waals surface area (Å²) in [5, 5.41) is 3.34. The zero-order chi connectivity index (χ0) is 13.2. The molecule has 0 aliphatic carbocycles. The highest BCUT2D eigenvalue weighted by Crippen LogP contribution is 2.25. The van der Waals surface area contributed by atoms with Gasteiger partial charge in [0.25, 0.3) is 0 Å². The molecule has 0 saturated carbocycles. The summed E-state index contributed by atoms with van der Waals surface area (Å²) in [7, 11) is 1.95. The van der Waals surface area contributed by atoms with E-state index in [9.17, 15) is 8.78 Å². The molecule has 1 aliphatic rings. The van der Waals surface area contributed by atoms with Crippen LogP contribution in [0.4, 0.5) is 8.78 Å². The van der Waals surface area contributed by atoms with Gasteiger partial charge in [0.05, 0.1) is 6.54 Å². The van der Waals surface area contributed by atoms with E-state index in [1.54, 1.807) is 0 Å². The van der Waals surface area contributed by atoms with Gasteiger partial charge in [0.1, 0.15) is 5.82 Å². The fourth-order valence-corrected chi connectivity index (χ4v) is 2.60. The zero-order valence-electron chi connectivity index (χ0n) is 10.9. The second-order valence-corrected chi connectivity index (χ2v) is 5.44. The Balaban J connectivity index is 1.94. The summed E-state index contributed by atoms with van der Waals surface area (Å²) >= 11 is 0. The molecule has 18 heavy (non-hydrogen) atoms. The highest BCUT2D eigenvalue weighted by Gasteiger charge is 2.30. The molecule has 1 saturated heterocycles. The van der Waals surface area contributed by atoms with Crippen molar-refractivity contribution >= 4 is 0 Å². The van der Waals surface area contributed by atoms with E-state index in [0.29, 0.717) is 12.4 Å². The molecule has 102 valence electrons. The first-order chi connectivity index (χ1) is 8.50. The molecule has 1 aromatic heterocycles. The molecule has 0 radical (unpaired) electrons. The number of nitrogens with zero attached hydrogens (tertiary/aromatic N) is 3. The lowest BCUT2D eigenvalue weighted by Crippen LogP contribution is -2.35.